The van der Waals surface area contributed by atoms with Crippen LogP contribution in [0.15, 0.2) is 24.7 Å². The summed E-state index contributed by atoms with van der Waals surface area (Å²) in [6.45, 7) is 3.98. The molecule has 2 heterocycles. The molecule has 2 aromatic rings. The Hall–Kier alpha value is -2.90. The summed E-state index contributed by atoms with van der Waals surface area (Å²) >= 11 is 0. The lowest BCUT2D eigenvalue weighted by atomic mass is 9.89. The number of carbonyl (C=O) groups is 2. The third kappa shape index (κ3) is 4.32. The van der Waals surface area contributed by atoms with E-state index >= 15 is 0 Å². The standard InChI is InChI=1S/C22H29N5O3/c1-13-8-18(22(30-3)23-9-13)14(2)27-11-17(10-25-27)26-21(29)20(24-12-28)19(15-4-5-15)16-6-7-16/h8-12,14-16,19-20H,4-7H2,1-3H3,(H,24,28)(H,26,29). The Labute approximate surface area is 176 Å². The smallest absolute Gasteiger partial charge is 0.247 e. The Morgan fingerprint density at radius 2 is 1.97 bits per heavy atom. The molecule has 30 heavy (non-hydrogen) atoms. The van der Waals surface area contributed by atoms with Crippen LogP contribution in [0.2, 0.25) is 0 Å². The summed E-state index contributed by atoms with van der Waals surface area (Å²) in [5.41, 5.74) is 2.56. The fraction of sp³-hybridized carbons (Fsp3) is 0.545. The molecule has 2 saturated carbocycles. The highest BCUT2D eigenvalue weighted by Gasteiger charge is 2.47. The fourth-order valence-electron chi connectivity index (χ4n) is 4.35. The number of hydrogen-bond acceptors (Lipinski definition) is 5. The molecule has 0 aliphatic heterocycles. The van der Waals surface area contributed by atoms with Crippen molar-refractivity contribution in [1.82, 2.24) is 20.1 Å². The minimum atomic E-state index is -0.496. The summed E-state index contributed by atoms with van der Waals surface area (Å²) in [5.74, 6) is 1.70. The SMILES string of the molecule is COc1ncc(C)cc1C(C)n1cc(NC(=O)C(NC=O)C(C2CC2)C2CC2)cn1. The zero-order chi connectivity index (χ0) is 21.3. The largest absolute Gasteiger partial charge is 0.481 e. The van der Waals surface area contributed by atoms with Crippen molar-refractivity contribution in [3.63, 3.8) is 0 Å². The minimum Gasteiger partial charge on any atom is -0.481 e. The van der Waals surface area contributed by atoms with Crippen LogP contribution in [0.25, 0.3) is 0 Å². The highest BCUT2D eigenvalue weighted by Crippen LogP contribution is 2.50. The van der Waals surface area contributed by atoms with Crippen LogP contribution in [0.4, 0.5) is 5.69 Å². The monoisotopic (exact) mass is 411 g/mol. The summed E-state index contributed by atoms with van der Waals surface area (Å²) in [6, 6.07) is 1.41. The molecule has 2 aliphatic carbocycles. The molecule has 2 aromatic heterocycles. The van der Waals surface area contributed by atoms with E-state index < -0.39 is 6.04 Å². The number of methoxy groups -OCH3 is 1. The lowest BCUT2D eigenvalue weighted by Gasteiger charge is -2.25. The van der Waals surface area contributed by atoms with Gasteiger partial charge in [-0.3, -0.25) is 14.3 Å². The number of nitrogens with one attached hydrogen (secondary N) is 2. The Bertz CT molecular complexity index is 907. The van der Waals surface area contributed by atoms with Gasteiger partial charge in [0.05, 0.1) is 25.0 Å². The first-order valence-corrected chi connectivity index (χ1v) is 10.6. The molecule has 0 radical (unpaired) electrons. The highest BCUT2D eigenvalue weighted by molar-refractivity contribution is 5.96. The Kier molecular flexibility index (Phi) is 5.74. The van der Waals surface area contributed by atoms with Gasteiger partial charge in [0.25, 0.3) is 0 Å². The molecule has 8 heteroatoms. The number of ether oxygens (including phenoxy) is 1. The first-order chi connectivity index (χ1) is 14.5. The van der Waals surface area contributed by atoms with Gasteiger partial charge in [-0.15, -0.1) is 0 Å². The van der Waals surface area contributed by atoms with Crippen molar-refractivity contribution in [2.75, 3.05) is 12.4 Å². The van der Waals surface area contributed by atoms with Gasteiger partial charge in [0.2, 0.25) is 18.2 Å². The molecular weight excluding hydrogens is 382 g/mol. The number of amides is 2. The van der Waals surface area contributed by atoms with E-state index in [1.54, 1.807) is 30.4 Å². The summed E-state index contributed by atoms with van der Waals surface area (Å²) in [6.07, 6.45) is 10.4. The molecule has 2 atom stereocenters. The average molecular weight is 412 g/mol. The first-order valence-electron chi connectivity index (χ1n) is 10.6. The molecule has 0 bridgehead atoms. The van der Waals surface area contributed by atoms with E-state index in [2.05, 4.69) is 20.7 Å². The summed E-state index contributed by atoms with van der Waals surface area (Å²) < 4.78 is 7.17. The predicted octanol–water partition coefficient (Wildman–Crippen LogP) is 2.69. The van der Waals surface area contributed by atoms with Gasteiger partial charge in [0.1, 0.15) is 6.04 Å². The van der Waals surface area contributed by atoms with Gasteiger partial charge in [-0.05, 0) is 68.9 Å². The molecule has 2 unspecified atom stereocenters. The van der Waals surface area contributed by atoms with Crippen molar-refractivity contribution < 1.29 is 14.3 Å². The van der Waals surface area contributed by atoms with E-state index in [-0.39, 0.29) is 17.9 Å². The maximum absolute atomic E-state index is 13.0. The van der Waals surface area contributed by atoms with Gasteiger partial charge in [-0.1, -0.05) is 0 Å². The maximum Gasteiger partial charge on any atom is 0.247 e. The second-order valence-corrected chi connectivity index (χ2v) is 8.50. The highest BCUT2D eigenvalue weighted by atomic mass is 16.5. The molecule has 2 fully saturated rings. The number of anilines is 1. The van der Waals surface area contributed by atoms with Gasteiger partial charge >= 0.3 is 0 Å². The zero-order valence-corrected chi connectivity index (χ0v) is 17.7. The molecule has 0 spiro atoms. The van der Waals surface area contributed by atoms with Crippen LogP contribution in [0, 0.1) is 24.7 Å². The van der Waals surface area contributed by atoms with Crippen LogP contribution >= 0.6 is 0 Å². The second kappa shape index (κ2) is 8.45. The number of pyridine rings is 1. The molecule has 4 rings (SSSR count). The van der Waals surface area contributed by atoms with Crippen molar-refractivity contribution >= 4 is 18.0 Å². The van der Waals surface area contributed by atoms with Gasteiger partial charge < -0.3 is 15.4 Å². The molecule has 0 aromatic carbocycles. The Morgan fingerprint density at radius 3 is 2.57 bits per heavy atom. The van der Waals surface area contributed by atoms with E-state index in [1.807, 2.05) is 19.9 Å². The average Bonchev–Trinajstić information content (AvgIpc) is 3.67. The lowest BCUT2D eigenvalue weighted by molar-refractivity contribution is -0.123. The molecule has 8 nitrogen and oxygen atoms in total. The lowest BCUT2D eigenvalue weighted by Crippen LogP contribution is -2.47. The molecule has 0 saturated heterocycles. The molecule has 2 amide bonds. The van der Waals surface area contributed by atoms with E-state index in [1.165, 1.54) is 0 Å². The van der Waals surface area contributed by atoms with E-state index in [0.717, 1.165) is 36.8 Å². The maximum atomic E-state index is 13.0. The van der Waals surface area contributed by atoms with Gasteiger partial charge in [-0.25, -0.2) is 4.98 Å². The molecule has 2 aliphatic rings. The van der Waals surface area contributed by atoms with E-state index in [9.17, 15) is 9.59 Å². The number of hydrogen-bond donors (Lipinski definition) is 2. The molecular formula is C22H29N5O3. The molecule has 160 valence electrons. The van der Waals surface area contributed by atoms with Crippen LogP contribution in [0.1, 0.15) is 49.8 Å². The summed E-state index contributed by atoms with van der Waals surface area (Å²) in [7, 11) is 1.60. The Balaban J connectivity index is 1.49. The predicted molar refractivity (Wildman–Crippen MR) is 112 cm³/mol. The first kappa shape index (κ1) is 20.4. The van der Waals surface area contributed by atoms with Gasteiger partial charge in [-0.2, -0.15) is 5.10 Å². The number of aromatic nitrogens is 3. The van der Waals surface area contributed by atoms with Crippen molar-refractivity contribution in [3.05, 3.63) is 35.8 Å². The Morgan fingerprint density at radius 1 is 1.27 bits per heavy atom. The number of aryl methyl sites for hydroxylation is 1. The van der Waals surface area contributed by atoms with Crippen LogP contribution in [-0.4, -0.2) is 40.2 Å². The fourth-order valence-corrected chi connectivity index (χ4v) is 4.35. The summed E-state index contributed by atoms with van der Waals surface area (Å²) in [4.78, 5) is 28.5. The van der Waals surface area contributed by atoms with Crippen LogP contribution in [-0.2, 0) is 9.59 Å². The molecule has 2 N–H and O–H groups in total. The quantitative estimate of drug-likeness (QED) is 0.586. The van der Waals surface area contributed by atoms with E-state index in [4.69, 9.17) is 4.74 Å². The van der Waals surface area contributed by atoms with Crippen LogP contribution in [0.3, 0.4) is 0 Å². The third-order valence-corrected chi connectivity index (χ3v) is 6.17. The topological polar surface area (TPSA) is 98.1 Å². The van der Waals surface area contributed by atoms with Crippen LogP contribution in [0.5, 0.6) is 5.88 Å². The van der Waals surface area contributed by atoms with Crippen molar-refractivity contribution in [1.29, 1.82) is 0 Å². The summed E-state index contributed by atoms with van der Waals surface area (Å²) in [5, 5.41) is 10.2. The number of carbonyl (C=O) groups excluding carboxylic acids is 2. The third-order valence-electron chi connectivity index (χ3n) is 6.17. The zero-order valence-electron chi connectivity index (χ0n) is 17.7. The van der Waals surface area contributed by atoms with E-state index in [0.29, 0.717) is 29.8 Å². The second-order valence-electron chi connectivity index (χ2n) is 8.50. The van der Waals surface area contributed by atoms with Crippen LogP contribution < -0.4 is 15.4 Å². The number of rotatable bonds is 10. The van der Waals surface area contributed by atoms with Crippen molar-refractivity contribution in [2.24, 2.45) is 17.8 Å². The number of nitrogens with zero attached hydrogens (tertiary/aromatic N) is 3. The minimum absolute atomic E-state index is 0.118. The van der Waals surface area contributed by atoms with Crippen molar-refractivity contribution in [3.8, 4) is 5.88 Å². The normalized spacial score (nSPS) is 18.0. The van der Waals surface area contributed by atoms with Crippen molar-refractivity contribution in [2.45, 2.75) is 51.6 Å². The van der Waals surface area contributed by atoms with Gasteiger partial charge in [0, 0.05) is 18.0 Å². The van der Waals surface area contributed by atoms with Gasteiger partial charge in [0.15, 0.2) is 0 Å².